The van der Waals surface area contributed by atoms with Gasteiger partial charge in [-0.2, -0.15) is 0 Å². The van der Waals surface area contributed by atoms with Crippen LogP contribution in [-0.2, 0) is 0 Å². The Morgan fingerprint density at radius 2 is 2.22 bits per heavy atom. The minimum absolute atomic E-state index is 0.115. The number of nitrogens with one attached hydrogen (secondary N) is 1. The summed E-state index contributed by atoms with van der Waals surface area (Å²) in [7, 11) is 0. The molecule has 1 aromatic rings. The number of nitro benzene ring substituents is 1. The fraction of sp³-hybridized carbons (Fsp3) is 0.385. The molecular formula is C13H17BrN2O2. The minimum Gasteiger partial charge on any atom is -0.313 e. The van der Waals surface area contributed by atoms with Crippen molar-refractivity contribution in [2.24, 2.45) is 5.92 Å². The van der Waals surface area contributed by atoms with Gasteiger partial charge in [-0.25, -0.2) is 0 Å². The van der Waals surface area contributed by atoms with Gasteiger partial charge in [0.2, 0.25) is 0 Å². The fourth-order valence-corrected chi connectivity index (χ4v) is 1.81. The molecule has 0 aliphatic carbocycles. The second-order valence-corrected chi connectivity index (χ2v) is 5.33. The maximum absolute atomic E-state index is 10.9. The highest BCUT2D eigenvalue weighted by Gasteiger charge is 2.11. The maximum Gasteiger partial charge on any atom is 0.277 e. The van der Waals surface area contributed by atoms with Gasteiger partial charge in [0.05, 0.1) is 10.5 Å². The standard InChI is InChI=1S/C13H17BrN2O2/c1-10(2)9-15-7-3-4-11-5-6-12(14)8-13(11)16(17)18/h3-6,8,10,15H,7,9H2,1-2H3/b4-3+. The summed E-state index contributed by atoms with van der Waals surface area (Å²) in [5.41, 5.74) is 0.735. The number of rotatable bonds is 6. The third kappa shape index (κ3) is 4.98. The Balaban J connectivity index is 2.66. The SMILES string of the molecule is CC(C)CNC/C=C/c1ccc(Br)cc1[N+](=O)[O-]. The van der Waals surface area contributed by atoms with E-state index in [2.05, 4.69) is 35.1 Å². The summed E-state index contributed by atoms with van der Waals surface area (Å²) in [6.45, 7) is 5.92. The van der Waals surface area contributed by atoms with Crippen molar-refractivity contribution >= 4 is 27.7 Å². The minimum atomic E-state index is -0.369. The van der Waals surface area contributed by atoms with Gasteiger partial charge in [0.15, 0.2) is 0 Å². The van der Waals surface area contributed by atoms with Crippen molar-refractivity contribution in [3.63, 3.8) is 0 Å². The van der Waals surface area contributed by atoms with Gasteiger partial charge in [0.1, 0.15) is 0 Å². The lowest BCUT2D eigenvalue weighted by atomic mass is 10.1. The van der Waals surface area contributed by atoms with Gasteiger partial charge >= 0.3 is 0 Å². The zero-order valence-corrected chi connectivity index (χ0v) is 12.1. The van der Waals surface area contributed by atoms with Crippen LogP contribution in [-0.4, -0.2) is 18.0 Å². The average molecular weight is 313 g/mol. The lowest BCUT2D eigenvalue weighted by molar-refractivity contribution is -0.385. The molecule has 0 saturated carbocycles. The molecule has 1 N–H and O–H groups in total. The van der Waals surface area contributed by atoms with Gasteiger partial charge in [0, 0.05) is 17.1 Å². The first-order chi connectivity index (χ1) is 8.50. The lowest BCUT2D eigenvalue weighted by Gasteiger charge is -2.03. The first-order valence-electron chi connectivity index (χ1n) is 5.82. The highest BCUT2D eigenvalue weighted by atomic mass is 79.9. The van der Waals surface area contributed by atoms with E-state index in [9.17, 15) is 10.1 Å². The molecule has 0 amide bonds. The van der Waals surface area contributed by atoms with Gasteiger partial charge in [-0.15, -0.1) is 0 Å². The Morgan fingerprint density at radius 1 is 1.50 bits per heavy atom. The van der Waals surface area contributed by atoms with E-state index in [0.717, 1.165) is 6.54 Å². The Labute approximate surface area is 115 Å². The molecule has 4 nitrogen and oxygen atoms in total. The van der Waals surface area contributed by atoms with Gasteiger partial charge in [-0.3, -0.25) is 10.1 Å². The van der Waals surface area contributed by atoms with Crippen LogP contribution in [0.15, 0.2) is 28.7 Å². The van der Waals surface area contributed by atoms with Crippen LogP contribution in [0, 0.1) is 16.0 Å². The maximum atomic E-state index is 10.9. The predicted molar refractivity (Wildman–Crippen MR) is 77.5 cm³/mol. The summed E-state index contributed by atoms with van der Waals surface area (Å²) in [4.78, 5) is 10.5. The number of nitro groups is 1. The molecule has 98 valence electrons. The first kappa shape index (κ1) is 14.9. The molecule has 0 radical (unpaired) electrons. The van der Waals surface area contributed by atoms with E-state index in [0.29, 0.717) is 22.5 Å². The summed E-state index contributed by atoms with van der Waals surface area (Å²) >= 11 is 3.23. The summed E-state index contributed by atoms with van der Waals surface area (Å²) in [6, 6.07) is 5.05. The van der Waals surface area contributed by atoms with Crippen LogP contribution in [0.2, 0.25) is 0 Å². The Kier molecular flexibility index (Phi) is 6.01. The second kappa shape index (κ2) is 7.28. The van der Waals surface area contributed by atoms with Crippen LogP contribution in [0.25, 0.3) is 6.08 Å². The third-order valence-corrected chi connectivity index (χ3v) is 2.79. The van der Waals surface area contributed by atoms with E-state index in [-0.39, 0.29) is 10.6 Å². The highest BCUT2D eigenvalue weighted by molar-refractivity contribution is 9.10. The van der Waals surface area contributed by atoms with E-state index in [1.165, 1.54) is 6.07 Å². The summed E-state index contributed by atoms with van der Waals surface area (Å²) in [5, 5.41) is 14.1. The number of halogens is 1. The van der Waals surface area contributed by atoms with E-state index in [1.807, 2.05) is 6.08 Å². The van der Waals surface area contributed by atoms with Crippen molar-refractivity contribution in [2.45, 2.75) is 13.8 Å². The molecule has 0 atom stereocenters. The molecular weight excluding hydrogens is 296 g/mol. The van der Waals surface area contributed by atoms with Crippen molar-refractivity contribution in [1.29, 1.82) is 0 Å². The van der Waals surface area contributed by atoms with E-state index in [4.69, 9.17) is 0 Å². The van der Waals surface area contributed by atoms with Crippen LogP contribution >= 0.6 is 15.9 Å². The molecule has 0 unspecified atom stereocenters. The second-order valence-electron chi connectivity index (χ2n) is 4.41. The topological polar surface area (TPSA) is 55.2 Å². The summed E-state index contributed by atoms with van der Waals surface area (Å²) in [5.74, 6) is 0.598. The van der Waals surface area contributed by atoms with Crippen LogP contribution < -0.4 is 5.32 Å². The molecule has 0 spiro atoms. The zero-order chi connectivity index (χ0) is 13.5. The predicted octanol–water partition coefficient (Wildman–Crippen LogP) is 3.62. The molecule has 1 aromatic carbocycles. The van der Waals surface area contributed by atoms with Gasteiger partial charge < -0.3 is 5.32 Å². The van der Waals surface area contributed by atoms with Crippen molar-refractivity contribution in [3.8, 4) is 0 Å². The molecule has 0 heterocycles. The molecule has 18 heavy (non-hydrogen) atoms. The van der Waals surface area contributed by atoms with Gasteiger partial charge in [0.25, 0.3) is 5.69 Å². The van der Waals surface area contributed by atoms with Gasteiger partial charge in [-0.05, 0) is 24.6 Å². The van der Waals surface area contributed by atoms with E-state index >= 15 is 0 Å². The number of benzene rings is 1. The third-order valence-electron chi connectivity index (χ3n) is 2.30. The molecule has 0 bridgehead atoms. The van der Waals surface area contributed by atoms with Crippen molar-refractivity contribution < 1.29 is 4.92 Å². The van der Waals surface area contributed by atoms with E-state index < -0.39 is 0 Å². The monoisotopic (exact) mass is 312 g/mol. The molecule has 0 aliphatic heterocycles. The molecule has 0 saturated heterocycles. The molecule has 1 rings (SSSR count). The smallest absolute Gasteiger partial charge is 0.277 e. The van der Waals surface area contributed by atoms with E-state index in [1.54, 1.807) is 18.2 Å². The Morgan fingerprint density at radius 3 is 2.83 bits per heavy atom. The first-order valence-corrected chi connectivity index (χ1v) is 6.61. The Bertz CT molecular complexity index is 445. The van der Waals surface area contributed by atoms with Crippen LogP contribution in [0.3, 0.4) is 0 Å². The molecule has 0 fully saturated rings. The van der Waals surface area contributed by atoms with Crippen molar-refractivity contribution in [3.05, 3.63) is 44.4 Å². The van der Waals surface area contributed by atoms with Crippen LogP contribution in [0.4, 0.5) is 5.69 Å². The van der Waals surface area contributed by atoms with Crippen LogP contribution in [0.5, 0.6) is 0 Å². The quantitative estimate of drug-likeness (QED) is 0.496. The average Bonchev–Trinajstić information content (AvgIpc) is 2.29. The number of hydrogen-bond donors (Lipinski definition) is 1. The van der Waals surface area contributed by atoms with Crippen LogP contribution in [0.1, 0.15) is 19.4 Å². The normalized spacial score (nSPS) is 11.3. The molecule has 0 aromatic heterocycles. The number of nitrogens with zero attached hydrogens (tertiary/aromatic N) is 1. The fourth-order valence-electron chi connectivity index (χ4n) is 1.46. The lowest BCUT2D eigenvalue weighted by Crippen LogP contribution is -2.19. The highest BCUT2D eigenvalue weighted by Crippen LogP contribution is 2.24. The summed E-state index contributed by atoms with van der Waals surface area (Å²) < 4.78 is 0.712. The molecule has 5 heteroatoms. The van der Waals surface area contributed by atoms with Crippen molar-refractivity contribution in [2.75, 3.05) is 13.1 Å². The molecule has 0 aliphatic rings. The van der Waals surface area contributed by atoms with Crippen molar-refractivity contribution in [1.82, 2.24) is 5.32 Å². The largest absolute Gasteiger partial charge is 0.313 e. The summed E-state index contributed by atoms with van der Waals surface area (Å²) in [6.07, 6.45) is 3.68. The number of hydrogen-bond acceptors (Lipinski definition) is 3. The van der Waals surface area contributed by atoms with Gasteiger partial charge in [-0.1, -0.05) is 41.9 Å². The Hall–Kier alpha value is -1.20. The zero-order valence-electron chi connectivity index (χ0n) is 10.5.